The molecule has 24 heavy (non-hydrogen) atoms. The molecule has 0 aliphatic rings. The smallest absolute Gasteiger partial charge is 0.340 e. The summed E-state index contributed by atoms with van der Waals surface area (Å²) in [6, 6.07) is 11.4. The fourth-order valence-corrected chi connectivity index (χ4v) is 3.03. The van der Waals surface area contributed by atoms with Gasteiger partial charge in [-0.05, 0) is 23.1 Å². The molecule has 0 bridgehead atoms. The average Bonchev–Trinajstić information content (AvgIpc) is 3.25. The Morgan fingerprint density at radius 3 is 2.83 bits per heavy atom. The van der Waals surface area contributed by atoms with Gasteiger partial charge in [0.05, 0.1) is 11.4 Å². The molecule has 8 heteroatoms. The van der Waals surface area contributed by atoms with Crippen LogP contribution < -0.4 is 11.0 Å². The average molecular weight is 343 g/mol. The third-order valence-corrected chi connectivity index (χ3v) is 4.36. The van der Waals surface area contributed by atoms with Crippen molar-refractivity contribution in [3.63, 3.8) is 0 Å². The molecule has 3 N–H and O–H groups in total. The van der Waals surface area contributed by atoms with Crippen molar-refractivity contribution >= 4 is 22.9 Å². The normalized spacial score (nSPS) is 10.5. The van der Waals surface area contributed by atoms with Crippen LogP contribution >= 0.6 is 11.3 Å². The highest BCUT2D eigenvalue weighted by Gasteiger charge is 2.14. The molecule has 0 aliphatic heterocycles. The van der Waals surface area contributed by atoms with E-state index < -0.39 is 0 Å². The van der Waals surface area contributed by atoms with E-state index in [1.165, 1.54) is 11.3 Å². The van der Waals surface area contributed by atoms with Crippen molar-refractivity contribution in [1.82, 2.24) is 20.1 Å². The van der Waals surface area contributed by atoms with Crippen molar-refractivity contribution in [2.24, 2.45) is 0 Å². The van der Waals surface area contributed by atoms with Gasteiger partial charge in [0.1, 0.15) is 5.82 Å². The SMILES string of the molecule is CN(Cc1ccccc1NCc1n[nH]c(=O)[nH]1)C(=O)c1cccs1. The van der Waals surface area contributed by atoms with Crippen LogP contribution in [0.5, 0.6) is 0 Å². The van der Waals surface area contributed by atoms with E-state index in [9.17, 15) is 9.59 Å². The van der Waals surface area contributed by atoms with E-state index in [1.54, 1.807) is 11.9 Å². The van der Waals surface area contributed by atoms with E-state index in [0.29, 0.717) is 18.9 Å². The number of anilines is 1. The Morgan fingerprint density at radius 1 is 1.29 bits per heavy atom. The predicted octanol–water partition coefficient (Wildman–Crippen LogP) is 2.04. The number of hydrogen-bond acceptors (Lipinski definition) is 5. The predicted molar refractivity (Wildman–Crippen MR) is 93.1 cm³/mol. The molecule has 0 fully saturated rings. The highest BCUT2D eigenvalue weighted by molar-refractivity contribution is 7.12. The zero-order chi connectivity index (χ0) is 16.9. The number of rotatable bonds is 6. The first-order chi connectivity index (χ1) is 11.6. The lowest BCUT2D eigenvalue weighted by Gasteiger charge is -2.19. The molecule has 0 radical (unpaired) electrons. The maximum Gasteiger partial charge on any atom is 0.340 e. The van der Waals surface area contributed by atoms with Gasteiger partial charge >= 0.3 is 5.69 Å². The molecule has 1 amide bonds. The monoisotopic (exact) mass is 343 g/mol. The number of hydrogen-bond donors (Lipinski definition) is 3. The van der Waals surface area contributed by atoms with E-state index in [1.807, 2.05) is 41.8 Å². The molecule has 3 rings (SSSR count). The number of carbonyl (C=O) groups is 1. The van der Waals surface area contributed by atoms with Gasteiger partial charge in [0.15, 0.2) is 0 Å². The number of aromatic nitrogens is 3. The number of nitrogens with one attached hydrogen (secondary N) is 3. The fraction of sp³-hybridized carbons (Fsp3) is 0.188. The van der Waals surface area contributed by atoms with Crippen LogP contribution in [-0.2, 0) is 13.1 Å². The van der Waals surface area contributed by atoms with Crippen LogP contribution in [0.2, 0.25) is 0 Å². The largest absolute Gasteiger partial charge is 0.377 e. The zero-order valence-corrected chi connectivity index (χ0v) is 13.9. The van der Waals surface area contributed by atoms with E-state index in [-0.39, 0.29) is 11.6 Å². The summed E-state index contributed by atoms with van der Waals surface area (Å²) in [5.41, 5.74) is 1.55. The van der Waals surface area contributed by atoms with Crippen LogP contribution in [0.1, 0.15) is 21.1 Å². The zero-order valence-electron chi connectivity index (χ0n) is 13.1. The number of aromatic amines is 2. The summed E-state index contributed by atoms with van der Waals surface area (Å²) < 4.78 is 0. The molecule has 0 saturated carbocycles. The van der Waals surface area contributed by atoms with Crippen molar-refractivity contribution in [2.75, 3.05) is 12.4 Å². The first kappa shape index (κ1) is 16.0. The molecular weight excluding hydrogens is 326 g/mol. The van der Waals surface area contributed by atoms with Gasteiger partial charge in [-0.15, -0.1) is 11.3 Å². The van der Waals surface area contributed by atoms with Gasteiger partial charge in [-0.2, -0.15) is 5.10 Å². The second kappa shape index (κ2) is 7.14. The molecule has 0 unspecified atom stereocenters. The molecular formula is C16H17N5O2S. The highest BCUT2D eigenvalue weighted by Crippen LogP contribution is 2.19. The van der Waals surface area contributed by atoms with E-state index in [4.69, 9.17) is 0 Å². The quantitative estimate of drug-likeness (QED) is 0.638. The van der Waals surface area contributed by atoms with Crippen molar-refractivity contribution in [3.8, 4) is 0 Å². The van der Waals surface area contributed by atoms with Gasteiger partial charge in [0.2, 0.25) is 0 Å². The molecule has 2 aromatic heterocycles. The topological polar surface area (TPSA) is 93.9 Å². The second-order valence-electron chi connectivity index (χ2n) is 5.27. The Labute approximate surface area is 142 Å². The van der Waals surface area contributed by atoms with Crippen LogP contribution in [0, 0.1) is 0 Å². The third kappa shape index (κ3) is 3.72. The Morgan fingerprint density at radius 2 is 2.12 bits per heavy atom. The summed E-state index contributed by atoms with van der Waals surface area (Å²) in [6.45, 7) is 0.870. The number of H-pyrrole nitrogens is 2. The first-order valence-corrected chi connectivity index (χ1v) is 8.26. The second-order valence-corrected chi connectivity index (χ2v) is 6.22. The molecule has 1 aromatic carbocycles. The number of thiophene rings is 1. The van der Waals surface area contributed by atoms with Crippen LogP contribution in [0.15, 0.2) is 46.6 Å². The maximum atomic E-state index is 12.4. The minimum absolute atomic E-state index is 0.00330. The molecule has 124 valence electrons. The number of benzene rings is 1. The van der Waals surface area contributed by atoms with Crippen LogP contribution in [0.3, 0.4) is 0 Å². The van der Waals surface area contributed by atoms with Gasteiger partial charge < -0.3 is 10.2 Å². The van der Waals surface area contributed by atoms with Gasteiger partial charge in [-0.3, -0.25) is 9.78 Å². The fourth-order valence-electron chi connectivity index (χ4n) is 2.31. The Hall–Kier alpha value is -2.87. The van der Waals surface area contributed by atoms with Crippen LogP contribution in [0.25, 0.3) is 0 Å². The maximum absolute atomic E-state index is 12.4. The highest BCUT2D eigenvalue weighted by atomic mass is 32.1. The van der Waals surface area contributed by atoms with Gasteiger partial charge in [0, 0.05) is 19.3 Å². The summed E-state index contributed by atoms with van der Waals surface area (Å²) in [7, 11) is 1.78. The van der Waals surface area contributed by atoms with Crippen molar-refractivity contribution in [3.05, 3.63) is 68.5 Å². The number of carbonyl (C=O) groups excluding carboxylic acids is 1. The van der Waals surface area contributed by atoms with Crippen molar-refractivity contribution in [1.29, 1.82) is 0 Å². The molecule has 0 atom stereocenters. The van der Waals surface area contributed by atoms with Crippen LogP contribution in [-0.4, -0.2) is 33.0 Å². The molecule has 0 saturated heterocycles. The summed E-state index contributed by atoms with van der Waals surface area (Å²) >= 11 is 1.43. The molecule has 0 aliphatic carbocycles. The molecule has 2 heterocycles. The Balaban J connectivity index is 1.69. The van der Waals surface area contributed by atoms with Gasteiger partial charge in [0.25, 0.3) is 5.91 Å². The summed E-state index contributed by atoms with van der Waals surface area (Å²) in [5, 5.41) is 11.3. The summed E-state index contributed by atoms with van der Waals surface area (Å²) in [6.07, 6.45) is 0. The molecule has 3 aromatic rings. The minimum atomic E-state index is -0.332. The third-order valence-electron chi connectivity index (χ3n) is 3.50. The Kier molecular flexibility index (Phi) is 4.76. The lowest BCUT2D eigenvalue weighted by molar-refractivity contribution is 0.0790. The molecule has 7 nitrogen and oxygen atoms in total. The van der Waals surface area contributed by atoms with Gasteiger partial charge in [-0.25, -0.2) is 9.89 Å². The lowest BCUT2D eigenvalue weighted by Crippen LogP contribution is -2.25. The van der Waals surface area contributed by atoms with Crippen LogP contribution in [0.4, 0.5) is 5.69 Å². The lowest BCUT2D eigenvalue weighted by atomic mass is 10.1. The summed E-state index contributed by atoms with van der Waals surface area (Å²) in [5.74, 6) is 0.522. The number of nitrogens with zero attached hydrogens (tertiary/aromatic N) is 2. The Bertz CT molecular complexity index is 868. The van der Waals surface area contributed by atoms with Crippen molar-refractivity contribution in [2.45, 2.75) is 13.1 Å². The van der Waals surface area contributed by atoms with E-state index in [2.05, 4.69) is 20.5 Å². The summed E-state index contributed by atoms with van der Waals surface area (Å²) in [4.78, 5) is 28.4. The number of amides is 1. The first-order valence-electron chi connectivity index (χ1n) is 7.38. The minimum Gasteiger partial charge on any atom is -0.377 e. The molecule has 0 spiro atoms. The van der Waals surface area contributed by atoms with E-state index >= 15 is 0 Å². The standard InChI is InChI=1S/C16H17N5O2S/c1-21(15(22)13-7-4-8-24-13)10-11-5-2-3-6-12(11)17-9-14-18-16(23)20-19-14/h2-8,17H,9-10H2,1H3,(H2,18,19,20,23). The van der Waals surface area contributed by atoms with E-state index in [0.717, 1.165) is 16.1 Å². The number of para-hydroxylation sites is 1. The van der Waals surface area contributed by atoms with Crippen molar-refractivity contribution < 1.29 is 4.79 Å². The van der Waals surface area contributed by atoms with Gasteiger partial charge in [-0.1, -0.05) is 24.3 Å².